The van der Waals surface area contributed by atoms with Crippen LogP contribution in [0.5, 0.6) is 11.8 Å². The summed E-state index contributed by atoms with van der Waals surface area (Å²) >= 11 is 0. The molecule has 1 saturated heterocycles. The van der Waals surface area contributed by atoms with Crippen LogP contribution in [0.15, 0.2) is 79.0 Å². The van der Waals surface area contributed by atoms with Crippen LogP contribution in [0.25, 0.3) is 0 Å². The van der Waals surface area contributed by atoms with Crippen LogP contribution >= 0.6 is 0 Å². The van der Waals surface area contributed by atoms with Crippen molar-refractivity contribution in [3.63, 3.8) is 0 Å². The summed E-state index contributed by atoms with van der Waals surface area (Å²) < 4.78 is 51.9. The zero-order chi connectivity index (χ0) is 32.3. The molecular weight excluding hydrogens is 601 g/mol. The maximum atomic E-state index is 12.8. The molecule has 1 atom stereocenters. The zero-order valence-corrected chi connectivity index (χ0v) is 25.4. The maximum absolute atomic E-state index is 12.8. The van der Waals surface area contributed by atoms with Crippen molar-refractivity contribution < 1.29 is 27.6 Å². The zero-order valence-electron chi connectivity index (χ0n) is 25.4. The van der Waals surface area contributed by atoms with Gasteiger partial charge in [-0.15, -0.1) is 0 Å². The highest BCUT2D eigenvalue weighted by Gasteiger charge is 2.30. The second-order valence-electron chi connectivity index (χ2n) is 11.6. The number of fused-ring (bicyclic) bond motifs is 1. The Morgan fingerprint density at radius 2 is 1.63 bits per heavy atom. The number of aromatic nitrogens is 2. The molecule has 4 aromatic rings. The fourth-order valence-electron chi connectivity index (χ4n) is 5.72. The topological polar surface area (TPSA) is 89.1 Å². The number of hydrogen-bond acceptors (Lipinski definition) is 8. The molecule has 6 rings (SSSR count). The molecule has 0 aliphatic carbocycles. The number of alkyl halides is 3. The van der Waals surface area contributed by atoms with E-state index >= 15 is 0 Å². The van der Waals surface area contributed by atoms with Gasteiger partial charge in [0.2, 0.25) is 0 Å². The van der Waals surface area contributed by atoms with E-state index < -0.39 is 16.7 Å². The fourth-order valence-corrected chi connectivity index (χ4v) is 5.72. The summed E-state index contributed by atoms with van der Waals surface area (Å²) in [6.07, 6.45) is -2.49. The van der Waals surface area contributed by atoms with Crippen molar-refractivity contribution >= 4 is 17.2 Å². The Bertz CT molecular complexity index is 1620. The Balaban J connectivity index is 0.929. The average molecular weight is 637 g/mol. The monoisotopic (exact) mass is 636 g/mol. The molecule has 13 heteroatoms. The van der Waals surface area contributed by atoms with Crippen LogP contribution in [0, 0.1) is 10.1 Å². The van der Waals surface area contributed by atoms with Crippen molar-refractivity contribution in [3.05, 3.63) is 106 Å². The van der Waals surface area contributed by atoms with E-state index in [1.165, 1.54) is 23.9 Å². The van der Waals surface area contributed by atoms with Crippen LogP contribution in [0.3, 0.4) is 0 Å². The quantitative estimate of drug-likeness (QED) is 0.155. The molecule has 1 aromatic heterocycles. The number of piperazine rings is 1. The first-order valence-corrected chi connectivity index (χ1v) is 15.2. The van der Waals surface area contributed by atoms with E-state index in [-0.39, 0.29) is 17.9 Å². The van der Waals surface area contributed by atoms with E-state index in [0.717, 1.165) is 67.5 Å². The highest BCUT2D eigenvalue weighted by Crippen LogP contribution is 2.30. The van der Waals surface area contributed by atoms with Crippen molar-refractivity contribution in [2.45, 2.75) is 38.3 Å². The molecule has 2 aliphatic rings. The standard InChI is InChI=1S/C33H35F3N6O4/c1-38(20-24-2-6-26(7-3-24)33(34,35)36)27-8-4-25(5-9-27)21-39-16-18-40(19-17-39)28-10-12-29(13-11-28)45-23-30-14-15-41-22-31(42(43)44)37-32(41)46-30/h2-13,22,30H,14-21,23H2,1H3/t30-/m1/s1. The summed E-state index contributed by atoms with van der Waals surface area (Å²) in [5.74, 6) is 0.518. The smallest absolute Gasteiger partial charge is 0.416 e. The lowest BCUT2D eigenvalue weighted by Gasteiger charge is -2.36. The number of rotatable bonds is 10. The van der Waals surface area contributed by atoms with Crippen LogP contribution in [-0.4, -0.2) is 65.3 Å². The average Bonchev–Trinajstić information content (AvgIpc) is 3.49. The molecule has 46 heavy (non-hydrogen) atoms. The van der Waals surface area contributed by atoms with Gasteiger partial charge in [-0.2, -0.15) is 13.2 Å². The maximum Gasteiger partial charge on any atom is 0.416 e. The third-order valence-corrected chi connectivity index (χ3v) is 8.37. The summed E-state index contributed by atoms with van der Waals surface area (Å²) in [7, 11) is 1.93. The Morgan fingerprint density at radius 3 is 2.28 bits per heavy atom. The number of anilines is 2. The predicted molar refractivity (Wildman–Crippen MR) is 167 cm³/mol. The summed E-state index contributed by atoms with van der Waals surface area (Å²) in [5, 5.41) is 11.0. The molecule has 1 fully saturated rings. The lowest BCUT2D eigenvalue weighted by atomic mass is 10.1. The Hall–Kier alpha value is -4.78. The van der Waals surface area contributed by atoms with Gasteiger partial charge < -0.3 is 29.4 Å². The van der Waals surface area contributed by atoms with Gasteiger partial charge in [-0.25, -0.2) is 0 Å². The van der Waals surface area contributed by atoms with E-state index in [4.69, 9.17) is 9.47 Å². The molecule has 242 valence electrons. The van der Waals surface area contributed by atoms with Crippen LogP contribution in [0.4, 0.5) is 30.4 Å². The first-order chi connectivity index (χ1) is 22.1. The lowest BCUT2D eigenvalue weighted by molar-refractivity contribution is -0.389. The molecule has 10 nitrogen and oxygen atoms in total. The summed E-state index contributed by atoms with van der Waals surface area (Å²) in [6, 6.07) is 21.9. The molecule has 0 bridgehead atoms. The number of nitrogens with zero attached hydrogens (tertiary/aromatic N) is 6. The summed E-state index contributed by atoms with van der Waals surface area (Å²) in [4.78, 5) is 21.2. The van der Waals surface area contributed by atoms with Crippen molar-refractivity contribution in [3.8, 4) is 11.8 Å². The van der Waals surface area contributed by atoms with E-state index in [9.17, 15) is 23.3 Å². The van der Waals surface area contributed by atoms with E-state index in [2.05, 4.69) is 51.2 Å². The van der Waals surface area contributed by atoms with Crippen LogP contribution in [-0.2, 0) is 25.8 Å². The molecule has 0 unspecified atom stereocenters. The van der Waals surface area contributed by atoms with E-state index in [1.807, 2.05) is 24.1 Å². The van der Waals surface area contributed by atoms with Gasteiger partial charge in [0.1, 0.15) is 24.7 Å². The van der Waals surface area contributed by atoms with Crippen molar-refractivity contribution in [1.82, 2.24) is 14.5 Å². The number of benzene rings is 3. The van der Waals surface area contributed by atoms with Crippen LogP contribution in [0.1, 0.15) is 23.1 Å². The minimum absolute atomic E-state index is 0.218. The Morgan fingerprint density at radius 1 is 0.957 bits per heavy atom. The summed E-state index contributed by atoms with van der Waals surface area (Å²) in [5.41, 5.74) is 3.54. The van der Waals surface area contributed by atoms with Gasteiger partial charge >= 0.3 is 18.0 Å². The van der Waals surface area contributed by atoms with Gasteiger partial charge in [0.15, 0.2) is 0 Å². The molecule has 2 aliphatic heterocycles. The highest BCUT2D eigenvalue weighted by molar-refractivity contribution is 5.50. The first-order valence-electron chi connectivity index (χ1n) is 15.2. The number of aryl methyl sites for hydroxylation is 1. The normalized spacial score (nSPS) is 16.9. The van der Waals surface area contributed by atoms with Gasteiger partial charge in [0.25, 0.3) is 0 Å². The van der Waals surface area contributed by atoms with Crippen LogP contribution < -0.4 is 19.3 Å². The van der Waals surface area contributed by atoms with Crippen molar-refractivity contribution in [1.29, 1.82) is 0 Å². The number of ether oxygens (including phenoxy) is 2. The van der Waals surface area contributed by atoms with Gasteiger partial charge in [-0.1, -0.05) is 24.3 Å². The minimum atomic E-state index is -4.33. The number of hydrogen-bond donors (Lipinski definition) is 0. The second kappa shape index (κ2) is 13.3. The third kappa shape index (κ3) is 7.53. The van der Waals surface area contributed by atoms with Crippen LogP contribution in [0.2, 0.25) is 0 Å². The van der Waals surface area contributed by atoms with E-state index in [1.54, 1.807) is 4.57 Å². The Kier molecular flexibility index (Phi) is 9.02. The molecular formula is C33H35F3N6O4. The van der Waals surface area contributed by atoms with Gasteiger partial charge in [0.05, 0.1) is 5.56 Å². The SMILES string of the molecule is CN(Cc1ccc(C(F)(F)F)cc1)c1ccc(CN2CCN(c3ccc(OC[C@H]4CCn5cc([N+](=O)[O-])nc5O4)cc3)CC2)cc1. The molecule has 0 amide bonds. The van der Waals surface area contributed by atoms with Crippen molar-refractivity contribution in [2.24, 2.45) is 0 Å². The predicted octanol–water partition coefficient (Wildman–Crippen LogP) is 6.00. The lowest BCUT2D eigenvalue weighted by Crippen LogP contribution is -2.45. The van der Waals surface area contributed by atoms with Gasteiger partial charge in [-0.05, 0) is 64.6 Å². The Labute approximate surface area is 264 Å². The highest BCUT2D eigenvalue weighted by atomic mass is 19.4. The minimum Gasteiger partial charge on any atom is -0.490 e. The second-order valence-corrected chi connectivity index (χ2v) is 11.6. The van der Waals surface area contributed by atoms with Gasteiger partial charge in [0, 0.05) is 75.6 Å². The molecule has 0 spiro atoms. The molecule has 3 aromatic carbocycles. The molecule has 3 heterocycles. The third-order valence-electron chi connectivity index (χ3n) is 8.37. The van der Waals surface area contributed by atoms with Crippen molar-refractivity contribution in [2.75, 3.05) is 49.6 Å². The van der Waals surface area contributed by atoms with E-state index in [0.29, 0.717) is 26.1 Å². The number of nitro groups is 1. The largest absolute Gasteiger partial charge is 0.490 e. The molecule has 0 saturated carbocycles. The first kappa shape index (κ1) is 31.2. The summed E-state index contributed by atoms with van der Waals surface area (Å²) in [6.45, 7) is 5.96. The number of halogens is 3. The van der Waals surface area contributed by atoms with Gasteiger partial charge in [-0.3, -0.25) is 9.47 Å². The fraction of sp³-hybridized carbons (Fsp3) is 0.364. The molecule has 0 N–H and O–H groups in total. The molecule has 0 radical (unpaired) electrons. The number of imidazole rings is 1.